The molecule has 5 heteroatoms. The number of aliphatic hydroxyl groups is 1. The fourth-order valence-corrected chi connectivity index (χ4v) is 2.52. The first-order chi connectivity index (χ1) is 9.28. The maximum atomic E-state index is 9.89. The third-order valence-corrected chi connectivity index (χ3v) is 3.53. The van der Waals surface area contributed by atoms with Crippen LogP contribution >= 0.6 is 0 Å². The van der Waals surface area contributed by atoms with E-state index in [9.17, 15) is 5.11 Å². The van der Waals surface area contributed by atoms with Gasteiger partial charge >= 0.3 is 0 Å². The Hall–Kier alpha value is -0.980. The summed E-state index contributed by atoms with van der Waals surface area (Å²) >= 11 is 0. The molecule has 2 aliphatic heterocycles. The van der Waals surface area contributed by atoms with Crippen LogP contribution in [0.4, 0.5) is 0 Å². The van der Waals surface area contributed by atoms with Gasteiger partial charge in [-0.05, 0) is 0 Å². The predicted molar refractivity (Wildman–Crippen MR) is 66.3 cm³/mol. The summed E-state index contributed by atoms with van der Waals surface area (Å²) in [5.74, 6) is 0. The number of rotatable bonds is 2. The highest BCUT2D eigenvalue weighted by Gasteiger charge is 2.42. The summed E-state index contributed by atoms with van der Waals surface area (Å²) < 4.78 is 22.2. The lowest BCUT2D eigenvalue weighted by atomic mass is 10.0. The van der Waals surface area contributed by atoms with Crippen molar-refractivity contribution in [3.63, 3.8) is 0 Å². The van der Waals surface area contributed by atoms with Gasteiger partial charge in [0.05, 0.1) is 12.7 Å². The smallest absolute Gasteiger partial charge is 0.184 e. The van der Waals surface area contributed by atoms with Crippen LogP contribution in [-0.4, -0.2) is 43.4 Å². The number of benzene rings is 1. The van der Waals surface area contributed by atoms with Gasteiger partial charge in [-0.3, -0.25) is 0 Å². The summed E-state index contributed by atoms with van der Waals surface area (Å²) in [6, 6.07) is 9.76. The molecule has 2 aliphatic rings. The van der Waals surface area contributed by atoms with Crippen LogP contribution < -0.4 is 0 Å². The largest absolute Gasteiger partial charge is 0.388 e. The SMILES string of the molecule is CO[C@H]1O[C@@H]2CO[C@H](c3ccccc3)O[C@H]2C[C@H]1O. The molecule has 1 aromatic carbocycles. The first kappa shape index (κ1) is 13.0. The Morgan fingerprint density at radius 1 is 1.16 bits per heavy atom. The van der Waals surface area contributed by atoms with Crippen molar-refractivity contribution in [1.29, 1.82) is 0 Å². The highest BCUT2D eigenvalue weighted by atomic mass is 16.7. The van der Waals surface area contributed by atoms with E-state index in [1.54, 1.807) is 0 Å². The second-order valence-corrected chi connectivity index (χ2v) is 4.83. The fraction of sp³-hybridized carbons (Fsp3) is 0.571. The summed E-state index contributed by atoms with van der Waals surface area (Å²) in [5, 5.41) is 9.89. The third-order valence-electron chi connectivity index (χ3n) is 3.53. The monoisotopic (exact) mass is 266 g/mol. The molecular formula is C14H18O5. The molecule has 0 aromatic heterocycles. The molecule has 2 heterocycles. The molecule has 1 aromatic rings. The van der Waals surface area contributed by atoms with Crippen molar-refractivity contribution in [2.75, 3.05) is 13.7 Å². The Bertz CT molecular complexity index is 410. The van der Waals surface area contributed by atoms with Gasteiger partial charge < -0.3 is 24.1 Å². The summed E-state index contributed by atoms with van der Waals surface area (Å²) in [4.78, 5) is 0. The number of hydrogen-bond acceptors (Lipinski definition) is 5. The van der Waals surface area contributed by atoms with Crippen LogP contribution in [0.1, 0.15) is 18.3 Å². The zero-order valence-corrected chi connectivity index (χ0v) is 10.8. The third kappa shape index (κ3) is 2.66. The highest BCUT2D eigenvalue weighted by molar-refractivity contribution is 5.16. The van der Waals surface area contributed by atoms with E-state index in [-0.39, 0.29) is 12.2 Å². The maximum absolute atomic E-state index is 9.89. The van der Waals surface area contributed by atoms with E-state index in [4.69, 9.17) is 18.9 Å². The lowest BCUT2D eigenvalue weighted by molar-refractivity contribution is -0.333. The van der Waals surface area contributed by atoms with Gasteiger partial charge in [-0.15, -0.1) is 0 Å². The van der Waals surface area contributed by atoms with E-state index in [2.05, 4.69) is 0 Å². The lowest BCUT2D eigenvalue weighted by Crippen LogP contribution is -2.53. The van der Waals surface area contributed by atoms with Crippen LogP contribution in [-0.2, 0) is 18.9 Å². The number of ether oxygens (including phenoxy) is 4. The minimum atomic E-state index is -0.666. The molecule has 104 valence electrons. The van der Waals surface area contributed by atoms with E-state index in [1.165, 1.54) is 7.11 Å². The molecule has 0 aliphatic carbocycles. The first-order valence-corrected chi connectivity index (χ1v) is 6.46. The normalized spacial score (nSPS) is 38.7. The van der Waals surface area contributed by atoms with Crippen LogP contribution in [0.25, 0.3) is 0 Å². The van der Waals surface area contributed by atoms with Gasteiger partial charge in [0.2, 0.25) is 0 Å². The number of methoxy groups -OCH3 is 1. The molecule has 1 N–H and O–H groups in total. The molecule has 0 unspecified atom stereocenters. The van der Waals surface area contributed by atoms with Gasteiger partial charge in [0.15, 0.2) is 12.6 Å². The summed E-state index contributed by atoms with van der Waals surface area (Å²) in [6.07, 6.45) is -1.51. The predicted octanol–water partition coefficient (Wildman–Crippen LogP) is 1.22. The summed E-state index contributed by atoms with van der Waals surface area (Å²) in [7, 11) is 1.52. The molecule has 2 saturated heterocycles. The molecule has 0 amide bonds. The Morgan fingerprint density at radius 3 is 2.68 bits per heavy atom. The van der Waals surface area contributed by atoms with Gasteiger partial charge in [-0.2, -0.15) is 0 Å². The molecule has 5 nitrogen and oxygen atoms in total. The van der Waals surface area contributed by atoms with Gasteiger partial charge in [0, 0.05) is 19.1 Å². The van der Waals surface area contributed by atoms with Crippen LogP contribution in [0.5, 0.6) is 0 Å². The molecule has 5 atom stereocenters. The summed E-state index contributed by atoms with van der Waals surface area (Å²) in [6.45, 7) is 0.441. The molecule has 0 radical (unpaired) electrons. The number of fused-ring (bicyclic) bond motifs is 1. The van der Waals surface area contributed by atoms with Crippen molar-refractivity contribution in [2.24, 2.45) is 0 Å². The molecule has 19 heavy (non-hydrogen) atoms. The summed E-state index contributed by atoms with van der Waals surface area (Å²) in [5.41, 5.74) is 0.976. The topological polar surface area (TPSA) is 57.2 Å². The molecule has 0 saturated carbocycles. The standard InChI is InChI=1S/C14H18O5/c1-16-14-10(15)7-11-12(19-14)8-17-13(18-11)9-5-3-2-4-6-9/h2-6,10-15H,7-8H2,1H3/t10-,11+,12-,13+,14+/m1/s1. The van der Waals surface area contributed by atoms with Crippen molar-refractivity contribution in [3.8, 4) is 0 Å². The quantitative estimate of drug-likeness (QED) is 0.872. The van der Waals surface area contributed by atoms with Gasteiger partial charge in [0.25, 0.3) is 0 Å². The van der Waals surface area contributed by atoms with Crippen molar-refractivity contribution >= 4 is 0 Å². The molecule has 3 rings (SSSR count). The van der Waals surface area contributed by atoms with Crippen LogP contribution in [0.2, 0.25) is 0 Å². The molecule has 0 bridgehead atoms. The lowest BCUT2D eigenvalue weighted by Gasteiger charge is -2.43. The van der Waals surface area contributed by atoms with E-state index >= 15 is 0 Å². The number of aliphatic hydroxyl groups excluding tert-OH is 1. The Labute approximate surface area is 112 Å². The average molecular weight is 266 g/mol. The van der Waals surface area contributed by atoms with Crippen molar-refractivity contribution in [3.05, 3.63) is 35.9 Å². The van der Waals surface area contributed by atoms with E-state index in [0.29, 0.717) is 13.0 Å². The Kier molecular flexibility index (Phi) is 3.81. The van der Waals surface area contributed by atoms with Crippen molar-refractivity contribution in [2.45, 2.75) is 37.3 Å². The van der Waals surface area contributed by atoms with Gasteiger partial charge in [-0.1, -0.05) is 30.3 Å². The Balaban J connectivity index is 1.68. The second kappa shape index (κ2) is 5.56. The average Bonchev–Trinajstić information content (AvgIpc) is 2.47. The molecule has 0 spiro atoms. The van der Waals surface area contributed by atoms with Crippen LogP contribution in [0.15, 0.2) is 30.3 Å². The van der Waals surface area contributed by atoms with E-state index in [1.807, 2.05) is 30.3 Å². The van der Waals surface area contributed by atoms with Gasteiger partial charge in [-0.25, -0.2) is 0 Å². The number of hydrogen-bond donors (Lipinski definition) is 1. The molecular weight excluding hydrogens is 248 g/mol. The van der Waals surface area contributed by atoms with Gasteiger partial charge in [0.1, 0.15) is 12.2 Å². The molecule has 2 fully saturated rings. The fourth-order valence-electron chi connectivity index (χ4n) is 2.52. The zero-order valence-electron chi connectivity index (χ0n) is 10.8. The minimum Gasteiger partial charge on any atom is -0.388 e. The second-order valence-electron chi connectivity index (χ2n) is 4.83. The Morgan fingerprint density at radius 2 is 1.95 bits per heavy atom. The van der Waals surface area contributed by atoms with E-state index in [0.717, 1.165) is 5.56 Å². The van der Waals surface area contributed by atoms with Crippen molar-refractivity contribution < 1.29 is 24.1 Å². The minimum absolute atomic E-state index is 0.166. The van der Waals surface area contributed by atoms with Crippen LogP contribution in [0, 0.1) is 0 Å². The maximum Gasteiger partial charge on any atom is 0.184 e. The van der Waals surface area contributed by atoms with Crippen LogP contribution in [0.3, 0.4) is 0 Å². The van der Waals surface area contributed by atoms with E-state index < -0.39 is 18.7 Å². The van der Waals surface area contributed by atoms with Crippen molar-refractivity contribution in [1.82, 2.24) is 0 Å². The zero-order chi connectivity index (χ0) is 13.2. The first-order valence-electron chi connectivity index (χ1n) is 6.46. The highest BCUT2D eigenvalue weighted by Crippen LogP contribution is 2.33.